The Balaban J connectivity index is 1.88. The second-order valence-corrected chi connectivity index (χ2v) is 6.41. The van der Waals surface area contributed by atoms with Crippen molar-refractivity contribution in [3.63, 3.8) is 0 Å². The highest BCUT2D eigenvalue weighted by Crippen LogP contribution is 2.32. The topological polar surface area (TPSA) is 36.4 Å². The minimum atomic E-state index is -0.629. The van der Waals surface area contributed by atoms with Crippen molar-refractivity contribution < 1.29 is 9.18 Å². The molecule has 0 unspecified atom stereocenters. The van der Waals surface area contributed by atoms with Crippen molar-refractivity contribution in [3.05, 3.63) is 65.7 Å². The molecular weight excluding hydrogens is 305 g/mol. The molecular formula is C19H22FN3O. The number of aromatic nitrogens is 1. The van der Waals surface area contributed by atoms with E-state index in [1.54, 1.807) is 43.4 Å². The maximum absolute atomic E-state index is 14.3. The fourth-order valence-corrected chi connectivity index (χ4v) is 2.93. The summed E-state index contributed by atoms with van der Waals surface area (Å²) in [7, 11) is 3.61. The normalized spacial score (nSPS) is 15.3. The Morgan fingerprint density at radius 2 is 1.92 bits per heavy atom. The molecule has 5 heteroatoms. The van der Waals surface area contributed by atoms with Crippen LogP contribution in [0.25, 0.3) is 0 Å². The lowest BCUT2D eigenvalue weighted by Crippen LogP contribution is -2.41. The third-order valence-electron chi connectivity index (χ3n) is 4.28. The number of hydrogen-bond acceptors (Lipinski definition) is 3. The summed E-state index contributed by atoms with van der Waals surface area (Å²) in [6, 6.07) is 11.8. The van der Waals surface area contributed by atoms with Crippen LogP contribution in [0.3, 0.4) is 0 Å². The Morgan fingerprint density at radius 1 is 1.21 bits per heavy atom. The summed E-state index contributed by atoms with van der Waals surface area (Å²) in [5.74, 6) is -0.420. The summed E-state index contributed by atoms with van der Waals surface area (Å²) in [5.41, 5.74) is 1.27. The maximum atomic E-state index is 14.3. The van der Waals surface area contributed by atoms with Crippen LogP contribution in [0.15, 0.2) is 48.7 Å². The van der Waals surface area contributed by atoms with E-state index >= 15 is 0 Å². The molecule has 4 nitrogen and oxygen atoms in total. The molecule has 1 fully saturated rings. The fourth-order valence-electron chi connectivity index (χ4n) is 2.93. The number of pyridine rings is 1. The van der Waals surface area contributed by atoms with E-state index in [9.17, 15) is 9.18 Å². The first-order valence-corrected chi connectivity index (χ1v) is 8.19. The number of likely N-dealkylation sites (N-methyl/N-ethyl adjacent to an activating group) is 1. The zero-order chi connectivity index (χ0) is 17.1. The molecule has 24 heavy (non-hydrogen) atoms. The first kappa shape index (κ1) is 16.6. The van der Waals surface area contributed by atoms with Crippen molar-refractivity contribution in [2.24, 2.45) is 0 Å². The van der Waals surface area contributed by atoms with Gasteiger partial charge < -0.3 is 4.90 Å². The molecule has 0 N–H and O–H groups in total. The van der Waals surface area contributed by atoms with Gasteiger partial charge in [0.25, 0.3) is 0 Å². The molecule has 126 valence electrons. The molecule has 3 rings (SSSR count). The van der Waals surface area contributed by atoms with E-state index < -0.39 is 6.04 Å². The van der Waals surface area contributed by atoms with Gasteiger partial charge in [-0.2, -0.15) is 0 Å². The summed E-state index contributed by atoms with van der Waals surface area (Å²) < 4.78 is 14.3. The van der Waals surface area contributed by atoms with Crippen LogP contribution in [-0.4, -0.2) is 40.8 Å². The lowest BCUT2D eigenvalue weighted by Gasteiger charge is -2.31. The molecule has 1 heterocycles. The van der Waals surface area contributed by atoms with E-state index in [0.29, 0.717) is 12.1 Å². The largest absolute Gasteiger partial charge is 0.332 e. The standard InChI is InChI=1S/C19H22FN3O/c1-22(2)18(16-8-3-4-9-17(16)20)19(24)23(15-10-11-15)13-14-7-5-6-12-21-14/h3-9,12,15,18H,10-11,13H2,1-2H3/t18-/m1/s1. The van der Waals surface area contributed by atoms with Gasteiger partial charge in [-0.15, -0.1) is 0 Å². The van der Waals surface area contributed by atoms with Crippen LogP contribution in [0.2, 0.25) is 0 Å². The van der Waals surface area contributed by atoms with Crippen molar-refractivity contribution >= 4 is 5.91 Å². The van der Waals surface area contributed by atoms with Crippen molar-refractivity contribution in [1.29, 1.82) is 0 Å². The molecule has 1 aliphatic rings. The Morgan fingerprint density at radius 3 is 2.50 bits per heavy atom. The highest BCUT2D eigenvalue weighted by atomic mass is 19.1. The van der Waals surface area contributed by atoms with Crippen LogP contribution in [0, 0.1) is 5.82 Å². The first-order chi connectivity index (χ1) is 11.6. The van der Waals surface area contributed by atoms with Gasteiger partial charge in [0.2, 0.25) is 5.91 Å². The summed E-state index contributed by atoms with van der Waals surface area (Å²) in [5, 5.41) is 0. The molecule has 0 bridgehead atoms. The van der Waals surface area contributed by atoms with Crippen LogP contribution in [0.1, 0.15) is 30.1 Å². The smallest absolute Gasteiger partial charge is 0.245 e. The number of hydrogen-bond donors (Lipinski definition) is 0. The van der Waals surface area contributed by atoms with Gasteiger partial charge in [0.15, 0.2) is 0 Å². The Bertz CT molecular complexity index is 701. The van der Waals surface area contributed by atoms with Crippen LogP contribution >= 0.6 is 0 Å². The van der Waals surface area contributed by atoms with Crippen LogP contribution < -0.4 is 0 Å². The van der Waals surface area contributed by atoms with Gasteiger partial charge in [0.1, 0.15) is 11.9 Å². The molecule has 1 aromatic carbocycles. The Kier molecular flexibility index (Phi) is 4.90. The molecule has 1 atom stereocenters. The number of halogens is 1. The molecule has 1 aromatic heterocycles. The third kappa shape index (κ3) is 3.62. The molecule has 1 aliphatic carbocycles. The van der Waals surface area contributed by atoms with Crippen LogP contribution in [0.4, 0.5) is 4.39 Å². The maximum Gasteiger partial charge on any atom is 0.245 e. The van der Waals surface area contributed by atoms with E-state index in [0.717, 1.165) is 18.5 Å². The van der Waals surface area contributed by atoms with E-state index in [2.05, 4.69) is 4.98 Å². The molecule has 1 saturated carbocycles. The minimum absolute atomic E-state index is 0.0711. The van der Waals surface area contributed by atoms with Gasteiger partial charge in [-0.3, -0.25) is 14.7 Å². The first-order valence-electron chi connectivity index (χ1n) is 8.19. The summed E-state index contributed by atoms with van der Waals surface area (Å²) in [6.07, 6.45) is 3.72. The average molecular weight is 327 g/mol. The number of rotatable bonds is 6. The van der Waals surface area contributed by atoms with Crippen LogP contribution in [0.5, 0.6) is 0 Å². The molecule has 0 saturated heterocycles. The molecule has 0 spiro atoms. The Hall–Kier alpha value is -2.27. The molecule has 2 aromatic rings. The fraction of sp³-hybridized carbons (Fsp3) is 0.368. The van der Waals surface area contributed by atoms with E-state index in [4.69, 9.17) is 0 Å². The SMILES string of the molecule is CN(C)[C@@H](C(=O)N(Cc1ccccn1)C1CC1)c1ccccc1F. The predicted molar refractivity (Wildman–Crippen MR) is 90.6 cm³/mol. The third-order valence-corrected chi connectivity index (χ3v) is 4.28. The van der Waals surface area contributed by atoms with Gasteiger partial charge >= 0.3 is 0 Å². The van der Waals surface area contributed by atoms with E-state index in [-0.39, 0.29) is 17.8 Å². The minimum Gasteiger partial charge on any atom is -0.332 e. The van der Waals surface area contributed by atoms with Crippen LogP contribution in [-0.2, 0) is 11.3 Å². The van der Waals surface area contributed by atoms with Crippen molar-refractivity contribution in [2.45, 2.75) is 31.5 Å². The molecule has 0 aliphatic heterocycles. The van der Waals surface area contributed by atoms with Crippen molar-refractivity contribution in [1.82, 2.24) is 14.8 Å². The lowest BCUT2D eigenvalue weighted by atomic mass is 10.0. The van der Waals surface area contributed by atoms with Gasteiger partial charge in [-0.1, -0.05) is 24.3 Å². The number of amides is 1. The Labute approximate surface area is 141 Å². The van der Waals surface area contributed by atoms with Gasteiger partial charge in [-0.25, -0.2) is 4.39 Å². The second kappa shape index (κ2) is 7.09. The van der Waals surface area contributed by atoms with E-state index in [1.807, 2.05) is 23.1 Å². The number of benzene rings is 1. The summed E-state index contributed by atoms with van der Waals surface area (Å²) in [4.78, 5) is 21.2. The van der Waals surface area contributed by atoms with Gasteiger partial charge in [-0.05, 0) is 45.1 Å². The zero-order valence-electron chi connectivity index (χ0n) is 14.0. The monoisotopic (exact) mass is 327 g/mol. The summed E-state index contributed by atoms with van der Waals surface area (Å²) in [6.45, 7) is 0.461. The van der Waals surface area contributed by atoms with Crippen molar-refractivity contribution in [3.8, 4) is 0 Å². The number of carbonyl (C=O) groups is 1. The van der Waals surface area contributed by atoms with Gasteiger partial charge in [0.05, 0.1) is 12.2 Å². The molecule has 0 radical (unpaired) electrons. The lowest BCUT2D eigenvalue weighted by molar-refractivity contribution is -0.137. The highest BCUT2D eigenvalue weighted by Gasteiger charge is 2.38. The number of carbonyl (C=O) groups excluding carboxylic acids is 1. The zero-order valence-corrected chi connectivity index (χ0v) is 14.0. The highest BCUT2D eigenvalue weighted by molar-refractivity contribution is 5.84. The van der Waals surface area contributed by atoms with Gasteiger partial charge in [0, 0.05) is 17.8 Å². The predicted octanol–water partition coefficient (Wildman–Crippen LogP) is 3.01. The van der Waals surface area contributed by atoms with E-state index in [1.165, 1.54) is 6.07 Å². The quantitative estimate of drug-likeness (QED) is 0.818. The average Bonchev–Trinajstić information content (AvgIpc) is 3.40. The van der Waals surface area contributed by atoms with Crippen molar-refractivity contribution in [2.75, 3.05) is 14.1 Å². The summed E-state index contributed by atoms with van der Waals surface area (Å²) >= 11 is 0. The number of nitrogens with zero attached hydrogens (tertiary/aromatic N) is 3. The molecule has 1 amide bonds. The second-order valence-electron chi connectivity index (χ2n) is 6.41.